The highest BCUT2D eigenvalue weighted by Crippen LogP contribution is 2.13. The topological polar surface area (TPSA) is 78.9 Å². The summed E-state index contributed by atoms with van der Waals surface area (Å²) >= 11 is 0. The smallest absolute Gasteiger partial charge is 0.306 e. The summed E-state index contributed by atoms with van der Waals surface area (Å²) in [5.74, 6) is -1.07. The second-order valence-corrected chi connectivity index (χ2v) is 17.1. The van der Waals surface area contributed by atoms with Crippen molar-refractivity contribution in [3.63, 3.8) is 0 Å². The number of hydrogen-bond donors (Lipinski definition) is 0. The Labute approximate surface area is 411 Å². The molecule has 0 bridgehead atoms. The lowest BCUT2D eigenvalue weighted by atomic mass is 10.1. The molecule has 376 valence electrons. The monoisotopic (exact) mass is 925 g/mol. The van der Waals surface area contributed by atoms with Gasteiger partial charge in [-0.1, -0.05) is 231 Å². The van der Waals surface area contributed by atoms with Crippen LogP contribution in [0.15, 0.2) is 134 Å². The molecular formula is C61H96O6. The zero-order valence-corrected chi connectivity index (χ0v) is 42.9. The van der Waals surface area contributed by atoms with Crippen molar-refractivity contribution in [2.75, 3.05) is 13.2 Å². The maximum Gasteiger partial charge on any atom is 0.306 e. The Hall–Kier alpha value is -4.45. The number of hydrogen-bond acceptors (Lipinski definition) is 6. The first-order chi connectivity index (χ1) is 33.0. The van der Waals surface area contributed by atoms with Crippen LogP contribution in [0.2, 0.25) is 0 Å². The molecule has 6 heteroatoms. The third-order valence-corrected chi connectivity index (χ3v) is 10.7. The van der Waals surface area contributed by atoms with Crippen molar-refractivity contribution in [3.05, 3.63) is 134 Å². The van der Waals surface area contributed by atoms with Gasteiger partial charge in [-0.15, -0.1) is 0 Å². The van der Waals surface area contributed by atoms with Gasteiger partial charge in [-0.05, 0) is 96.3 Å². The second-order valence-electron chi connectivity index (χ2n) is 17.1. The van der Waals surface area contributed by atoms with E-state index in [1.807, 2.05) is 54.7 Å². The van der Waals surface area contributed by atoms with Gasteiger partial charge in [0.15, 0.2) is 6.10 Å². The fraction of sp³-hybridized carbons (Fsp3) is 0.590. The van der Waals surface area contributed by atoms with Gasteiger partial charge in [0.05, 0.1) is 0 Å². The fourth-order valence-electron chi connectivity index (χ4n) is 6.80. The highest BCUT2D eigenvalue weighted by molar-refractivity contribution is 5.71. The lowest BCUT2D eigenvalue weighted by Crippen LogP contribution is -2.30. The Morgan fingerprint density at radius 3 is 1.15 bits per heavy atom. The molecule has 0 aliphatic rings. The van der Waals surface area contributed by atoms with Crippen molar-refractivity contribution in [1.82, 2.24) is 0 Å². The van der Waals surface area contributed by atoms with Gasteiger partial charge in [0.25, 0.3) is 0 Å². The van der Waals surface area contributed by atoms with Gasteiger partial charge >= 0.3 is 17.9 Å². The number of carbonyl (C=O) groups excluding carboxylic acids is 3. The molecule has 0 aromatic carbocycles. The summed E-state index contributed by atoms with van der Waals surface area (Å²) in [7, 11) is 0. The van der Waals surface area contributed by atoms with Gasteiger partial charge < -0.3 is 14.2 Å². The molecule has 0 aliphatic heterocycles. The van der Waals surface area contributed by atoms with Crippen LogP contribution in [0.4, 0.5) is 0 Å². The summed E-state index contributed by atoms with van der Waals surface area (Å²) in [6.07, 6.45) is 76.0. The molecule has 0 fully saturated rings. The van der Waals surface area contributed by atoms with E-state index < -0.39 is 6.10 Å². The second kappa shape index (κ2) is 54.2. The third-order valence-electron chi connectivity index (χ3n) is 10.7. The molecule has 1 unspecified atom stereocenters. The van der Waals surface area contributed by atoms with Crippen molar-refractivity contribution in [3.8, 4) is 0 Å². The molecule has 0 spiro atoms. The quantitative estimate of drug-likeness (QED) is 0.0199. The van der Waals surface area contributed by atoms with Crippen LogP contribution in [0.5, 0.6) is 0 Å². The average molecular weight is 925 g/mol. The van der Waals surface area contributed by atoms with E-state index >= 15 is 0 Å². The zero-order chi connectivity index (χ0) is 48.6. The standard InChI is InChI=1S/C61H96O6/c1-4-7-10-13-16-19-22-25-27-29-30-32-33-36-39-42-45-48-51-54-60(63)66-57-58(56-65-59(62)53-50-47-44-41-38-35-24-21-18-15-12-9-6-3)67-61(64)55-52-49-46-43-40-37-34-31-28-26-23-20-17-14-11-8-5-2/h7,9-10,12,15-16,18-19,21,24-28,34-35,37-38,41,43-44,46,58H,4-6,8,11,13-14,17,20,22-23,29-33,36,39-40,42,45,47-57H2,1-3H3/b10-7-,12-9-,18-15-,19-16-,24-21-,27-25-,28-26-,37-34-,38-35-,44-41-,46-43-. The van der Waals surface area contributed by atoms with Crippen molar-refractivity contribution >= 4 is 17.9 Å². The van der Waals surface area contributed by atoms with E-state index in [-0.39, 0.29) is 44.0 Å². The normalized spacial score (nSPS) is 13.2. The number of rotatable bonds is 46. The van der Waals surface area contributed by atoms with Crippen LogP contribution in [0, 0.1) is 0 Å². The lowest BCUT2D eigenvalue weighted by Gasteiger charge is -2.18. The minimum atomic E-state index is -0.840. The van der Waals surface area contributed by atoms with Gasteiger partial charge in [0.2, 0.25) is 0 Å². The van der Waals surface area contributed by atoms with E-state index in [1.54, 1.807) is 0 Å². The van der Waals surface area contributed by atoms with E-state index in [4.69, 9.17) is 14.2 Å². The number of unbranched alkanes of at least 4 members (excludes halogenated alkanes) is 17. The SMILES string of the molecule is CC\C=C/C=C\C=C/C=C\C=C/CCCC(=O)OCC(COC(=O)CCCCCCCCCCC/C=C\C/C=C\C/C=C\CC)OC(=O)CCC/C=C\C/C=C\C/C=C\CCCCCCCC. The summed E-state index contributed by atoms with van der Waals surface area (Å²) < 4.78 is 16.7. The van der Waals surface area contributed by atoms with Crippen LogP contribution >= 0.6 is 0 Å². The minimum absolute atomic E-state index is 0.128. The van der Waals surface area contributed by atoms with Crippen molar-refractivity contribution in [2.45, 2.75) is 219 Å². The van der Waals surface area contributed by atoms with Crippen LogP contribution < -0.4 is 0 Å². The Bertz CT molecular complexity index is 1480. The van der Waals surface area contributed by atoms with Gasteiger partial charge in [0, 0.05) is 19.3 Å². The molecule has 0 aromatic rings. The van der Waals surface area contributed by atoms with E-state index in [1.165, 1.54) is 83.5 Å². The molecule has 0 heterocycles. The Morgan fingerprint density at radius 1 is 0.328 bits per heavy atom. The molecular weight excluding hydrogens is 829 g/mol. The van der Waals surface area contributed by atoms with E-state index in [0.29, 0.717) is 19.3 Å². The number of ether oxygens (including phenoxy) is 3. The van der Waals surface area contributed by atoms with E-state index in [0.717, 1.165) is 77.0 Å². The Balaban J connectivity index is 4.55. The molecule has 0 saturated heterocycles. The van der Waals surface area contributed by atoms with Gasteiger partial charge in [-0.2, -0.15) is 0 Å². The van der Waals surface area contributed by atoms with Crippen LogP contribution in [-0.2, 0) is 28.6 Å². The molecule has 0 aromatic heterocycles. The molecule has 6 nitrogen and oxygen atoms in total. The largest absolute Gasteiger partial charge is 0.462 e. The third kappa shape index (κ3) is 52.4. The van der Waals surface area contributed by atoms with Crippen molar-refractivity contribution < 1.29 is 28.6 Å². The molecule has 0 rings (SSSR count). The molecule has 0 saturated carbocycles. The highest BCUT2D eigenvalue weighted by atomic mass is 16.6. The van der Waals surface area contributed by atoms with E-state index in [2.05, 4.69) is 99.8 Å². The molecule has 0 aliphatic carbocycles. The van der Waals surface area contributed by atoms with E-state index in [9.17, 15) is 14.4 Å². The summed E-state index contributed by atoms with van der Waals surface area (Å²) in [5, 5.41) is 0. The van der Waals surface area contributed by atoms with Gasteiger partial charge in [-0.25, -0.2) is 0 Å². The Morgan fingerprint density at radius 2 is 0.672 bits per heavy atom. The maximum atomic E-state index is 12.8. The van der Waals surface area contributed by atoms with Crippen LogP contribution in [0.3, 0.4) is 0 Å². The zero-order valence-electron chi connectivity index (χ0n) is 42.9. The summed E-state index contributed by atoms with van der Waals surface area (Å²) in [6.45, 7) is 6.25. The fourth-order valence-corrected chi connectivity index (χ4v) is 6.80. The predicted molar refractivity (Wildman–Crippen MR) is 288 cm³/mol. The molecule has 0 amide bonds. The first-order valence-electron chi connectivity index (χ1n) is 26.8. The minimum Gasteiger partial charge on any atom is -0.462 e. The number of esters is 3. The molecule has 0 N–H and O–H groups in total. The summed E-state index contributed by atoms with van der Waals surface area (Å²) in [6, 6.07) is 0. The summed E-state index contributed by atoms with van der Waals surface area (Å²) in [5.41, 5.74) is 0. The van der Waals surface area contributed by atoms with Crippen LogP contribution in [-0.4, -0.2) is 37.2 Å². The predicted octanol–water partition coefficient (Wildman–Crippen LogP) is 17.9. The van der Waals surface area contributed by atoms with Crippen molar-refractivity contribution in [2.24, 2.45) is 0 Å². The average Bonchev–Trinajstić information content (AvgIpc) is 3.33. The van der Waals surface area contributed by atoms with Crippen LogP contribution in [0.25, 0.3) is 0 Å². The van der Waals surface area contributed by atoms with Crippen molar-refractivity contribution in [1.29, 1.82) is 0 Å². The lowest BCUT2D eigenvalue weighted by molar-refractivity contribution is -0.167. The van der Waals surface area contributed by atoms with Crippen LogP contribution in [0.1, 0.15) is 213 Å². The molecule has 67 heavy (non-hydrogen) atoms. The molecule has 0 radical (unpaired) electrons. The van der Waals surface area contributed by atoms with Gasteiger partial charge in [-0.3, -0.25) is 14.4 Å². The maximum absolute atomic E-state index is 12.8. The Kier molecular flexibility index (Phi) is 50.6. The first kappa shape index (κ1) is 62.5. The number of carbonyl (C=O) groups is 3. The highest BCUT2D eigenvalue weighted by Gasteiger charge is 2.19. The summed E-state index contributed by atoms with van der Waals surface area (Å²) in [4.78, 5) is 38.0. The first-order valence-corrected chi connectivity index (χ1v) is 26.8. The number of allylic oxidation sites excluding steroid dienone is 22. The van der Waals surface area contributed by atoms with Gasteiger partial charge in [0.1, 0.15) is 13.2 Å². The molecule has 1 atom stereocenters.